The number of carbonyl (C=O) groups excluding carboxylic acids is 1. The Morgan fingerprint density at radius 2 is 1.44 bits per heavy atom. The molecule has 7 heteroatoms. The molecular weight excluding hydrogens is 326 g/mol. The lowest BCUT2D eigenvalue weighted by Gasteiger charge is -2.33. The molecule has 4 atom stereocenters. The van der Waals surface area contributed by atoms with Crippen molar-refractivity contribution in [3.63, 3.8) is 0 Å². The molecule has 0 fully saturated rings. The average Bonchev–Trinajstić information content (AvgIpc) is 2.46. The third-order valence-corrected chi connectivity index (χ3v) is 4.15. The molecule has 0 aliphatic heterocycles. The topological polar surface area (TPSA) is 121 Å². The van der Waals surface area contributed by atoms with Gasteiger partial charge in [-0.25, -0.2) is 0 Å². The van der Waals surface area contributed by atoms with Crippen LogP contribution >= 0.6 is 0 Å². The second-order valence-electron chi connectivity index (χ2n) is 8.98. The van der Waals surface area contributed by atoms with Gasteiger partial charge in [0.2, 0.25) is 5.91 Å². The van der Waals surface area contributed by atoms with Crippen LogP contribution < -0.4 is 0 Å². The summed E-state index contributed by atoms with van der Waals surface area (Å²) in [4.78, 5) is 13.9. The summed E-state index contributed by atoms with van der Waals surface area (Å²) >= 11 is 0. The minimum Gasteiger partial charge on any atom is -0.394 e. The number of aliphatic hydroxyl groups is 5. The molecule has 150 valence electrons. The number of rotatable bonds is 10. The summed E-state index contributed by atoms with van der Waals surface area (Å²) in [6.45, 7) is 9.99. The number of hydrogen-bond donors (Lipinski definition) is 5. The summed E-state index contributed by atoms with van der Waals surface area (Å²) in [6.07, 6.45) is -4.75. The Labute approximate surface area is 151 Å². The molecule has 0 bridgehead atoms. The summed E-state index contributed by atoms with van der Waals surface area (Å²) in [5, 5.41) is 47.3. The maximum atomic E-state index is 12.4. The number of nitrogens with zero attached hydrogens (tertiary/aromatic N) is 1. The predicted molar refractivity (Wildman–Crippen MR) is 95.8 cm³/mol. The van der Waals surface area contributed by atoms with Crippen LogP contribution in [0.5, 0.6) is 0 Å². The predicted octanol–water partition coefficient (Wildman–Crippen LogP) is 0.123. The minimum atomic E-state index is -1.65. The molecule has 0 aliphatic rings. The molecule has 0 aromatic rings. The maximum absolute atomic E-state index is 12.4. The van der Waals surface area contributed by atoms with Crippen LogP contribution in [-0.4, -0.2) is 81.0 Å². The van der Waals surface area contributed by atoms with Gasteiger partial charge in [0.15, 0.2) is 0 Å². The van der Waals surface area contributed by atoms with E-state index in [2.05, 4.69) is 34.6 Å². The normalized spacial score (nSPS) is 17.7. The van der Waals surface area contributed by atoms with E-state index in [9.17, 15) is 25.2 Å². The summed E-state index contributed by atoms with van der Waals surface area (Å²) in [7, 11) is 1.63. The molecule has 0 spiro atoms. The molecule has 5 N–H and O–H groups in total. The van der Waals surface area contributed by atoms with Crippen molar-refractivity contribution in [2.45, 2.75) is 78.3 Å². The minimum absolute atomic E-state index is 0.0492. The Morgan fingerprint density at radius 1 is 0.960 bits per heavy atom. The van der Waals surface area contributed by atoms with Crippen LogP contribution in [0.15, 0.2) is 0 Å². The van der Waals surface area contributed by atoms with E-state index in [0.29, 0.717) is 6.42 Å². The lowest BCUT2D eigenvalue weighted by atomic mass is 9.74. The molecule has 1 amide bonds. The van der Waals surface area contributed by atoms with Gasteiger partial charge >= 0.3 is 0 Å². The number of carbonyl (C=O) groups is 1. The van der Waals surface area contributed by atoms with Gasteiger partial charge in [0.25, 0.3) is 0 Å². The van der Waals surface area contributed by atoms with Crippen LogP contribution in [0.4, 0.5) is 0 Å². The zero-order chi connectivity index (χ0) is 20.0. The van der Waals surface area contributed by atoms with Crippen molar-refractivity contribution >= 4 is 5.91 Å². The number of hydrogen-bond acceptors (Lipinski definition) is 6. The highest BCUT2D eigenvalue weighted by atomic mass is 16.4. The highest BCUT2D eigenvalue weighted by Crippen LogP contribution is 2.36. The van der Waals surface area contributed by atoms with E-state index in [4.69, 9.17) is 5.11 Å². The zero-order valence-electron chi connectivity index (χ0n) is 16.4. The first kappa shape index (κ1) is 24.3. The first-order valence-electron chi connectivity index (χ1n) is 8.77. The van der Waals surface area contributed by atoms with Gasteiger partial charge < -0.3 is 30.4 Å². The van der Waals surface area contributed by atoms with Crippen molar-refractivity contribution in [2.24, 2.45) is 10.8 Å². The Bertz CT molecular complexity index is 407. The quantitative estimate of drug-likeness (QED) is 0.376. The van der Waals surface area contributed by atoms with Crippen molar-refractivity contribution in [3.05, 3.63) is 0 Å². The van der Waals surface area contributed by atoms with Gasteiger partial charge in [-0.2, -0.15) is 0 Å². The lowest BCUT2D eigenvalue weighted by Crippen LogP contribution is -2.46. The molecule has 0 rings (SSSR count). The molecule has 4 unspecified atom stereocenters. The van der Waals surface area contributed by atoms with E-state index in [1.807, 2.05) is 0 Å². The van der Waals surface area contributed by atoms with Gasteiger partial charge in [-0.1, -0.05) is 34.6 Å². The summed E-state index contributed by atoms with van der Waals surface area (Å²) in [5.41, 5.74) is -0.0323. The molecule has 7 nitrogen and oxygen atoms in total. The molecule has 0 aromatic carbocycles. The van der Waals surface area contributed by atoms with Gasteiger partial charge in [0.1, 0.15) is 18.3 Å². The van der Waals surface area contributed by atoms with Gasteiger partial charge in [0, 0.05) is 20.0 Å². The maximum Gasteiger partial charge on any atom is 0.222 e. The fraction of sp³-hybridized carbons (Fsp3) is 0.944. The second-order valence-corrected chi connectivity index (χ2v) is 8.98. The van der Waals surface area contributed by atoms with Gasteiger partial charge in [0.05, 0.1) is 12.7 Å². The van der Waals surface area contributed by atoms with E-state index in [1.165, 1.54) is 4.90 Å². The molecule has 0 aliphatic carbocycles. The monoisotopic (exact) mass is 363 g/mol. The van der Waals surface area contributed by atoms with Crippen LogP contribution in [0.3, 0.4) is 0 Å². The Balaban J connectivity index is 4.49. The molecule has 0 radical (unpaired) electrons. The Hall–Kier alpha value is -0.730. The highest BCUT2D eigenvalue weighted by Gasteiger charge is 2.31. The van der Waals surface area contributed by atoms with Gasteiger partial charge in [-0.3, -0.25) is 4.79 Å². The molecule has 0 aromatic heterocycles. The van der Waals surface area contributed by atoms with Crippen LogP contribution in [0.25, 0.3) is 0 Å². The fourth-order valence-electron chi connectivity index (χ4n) is 3.23. The van der Waals surface area contributed by atoms with E-state index in [1.54, 1.807) is 7.05 Å². The van der Waals surface area contributed by atoms with Crippen LogP contribution in [0, 0.1) is 10.8 Å². The third-order valence-electron chi connectivity index (χ3n) is 4.15. The van der Waals surface area contributed by atoms with E-state index < -0.39 is 31.0 Å². The average molecular weight is 363 g/mol. The van der Waals surface area contributed by atoms with Gasteiger partial charge in [-0.15, -0.1) is 0 Å². The van der Waals surface area contributed by atoms with Crippen LogP contribution in [-0.2, 0) is 4.79 Å². The Morgan fingerprint density at radius 3 is 1.88 bits per heavy atom. The standard InChI is InChI=1S/C18H37NO6/c1-17(2,3)11-18(4,5)9-14(23)19(6)8-7-12(21)15(24)16(25)13(22)10-20/h12-13,15-16,20-22,24-25H,7-11H2,1-6H3. The van der Waals surface area contributed by atoms with E-state index in [0.717, 1.165) is 6.42 Å². The van der Waals surface area contributed by atoms with Crippen molar-refractivity contribution in [2.75, 3.05) is 20.2 Å². The lowest BCUT2D eigenvalue weighted by molar-refractivity contribution is -0.134. The van der Waals surface area contributed by atoms with Crippen molar-refractivity contribution in [1.82, 2.24) is 4.90 Å². The fourth-order valence-corrected chi connectivity index (χ4v) is 3.23. The number of aliphatic hydroxyl groups excluding tert-OH is 5. The number of amides is 1. The zero-order valence-corrected chi connectivity index (χ0v) is 16.4. The van der Waals surface area contributed by atoms with Gasteiger partial charge in [-0.05, 0) is 23.7 Å². The first-order chi connectivity index (χ1) is 11.2. The van der Waals surface area contributed by atoms with Crippen molar-refractivity contribution in [1.29, 1.82) is 0 Å². The smallest absolute Gasteiger partial charge is 0.222 e. The third kappa shape index (κ3) is 9.51. The molecule has 0 heterocycles. The Kier molecular flexibility index (Phi) is 9.54. The largest absolute Gasteiger partial charge is 0.394 e. The molecule has 25 heavy (non-hydrogen) atoms. The summed E-state index contributed by atoms with van der Waals surface area (Å²) in [5.74, 6) is -0.0492. The molecule has 0 saturated heterocycles. The molecular formula is C18H37NO6. The summed E-state index contributed by atoms with van der Waals surface area (Å²) in [6, 6.07) is 0. The van der Waals surface area contributed by atoms with Crippen molar-refractivity contribution < 1.29 is 30.3 Å². The van der Waals surface area contributed by atoms with Crippen molar-refractivity contribution in [3.8, 4) is 0 Å². The first-order valence-corrected chi connectivity index (χ1v) is 8.77. The second kappa shape index (κ2) is 9.83. The van der Waals surface area contributed by atoms with Crippen LogP contribution in [0.1, 0.15) is 53.9 Å². The molecule has 0 saturated carbocycles. The highest BCUT2D eigenvalue weighted by molar-refractivity contribution is 5.76. The van der Waals surface area contributed by atoms with E-state index in [-0.39, 0.29) is 29.7 Å². The summed E-state index contributed by atoms with van der Waals surface area (Å²) < 4.78 is 0. The van der Waals surface area contributed by atoms with E-state index >= 15 is 0 Å². The van der Waals surface area contributed by atoms with Crippen LogP contribution in [0.2, 0.25) is 0 Å². The SMILES string of the molecule is CN(CCC(O)C(O)C(O)C(O)CO)C(=O)CC(C)(C)CC(C)(C)C.